The summed E-state index contributed by atoms with van der Waals surface area (Å²) >= 11 is 0. The molecular weight excluding hydrogens is 274 g/mol. The van der Waals surface area contributed by atoms with Crippen molar-refractivity contribution in [2.45, 2.75) is 11.3 Å². The van der Waals surface area contributed by atoms with E-state index < -0.39 is 33.7 Å². The average molecular weight is 285 g/mol. The van der Waals surface area contributed by atoms with Crippen LogP contribution >= 0.6 is 0 Å². The molecule has 0 amide bonds. The number of fused-ring (bicyclic) bond motifs is 1. The summed E-state index contributed by atoms with van der Waals surface area (Å²) in [7, 11) is -2.20. The van der Waals surface area contributed by atoms with Crippen LogP contribution in [0.25, 0.3) is 11.1 Å². The van der Waals surface area contributed by atoms with Gasteiger partial charge in [0.2, 0.25) is 0 Å². The van der Waals surface area contributed by atoms with E-state index in [9.17, 15) is 18.0 Å². The third kappa shape index (κ3) is 2.53. The van der Waals surface area contributed by atoms with Crippen LogP contribution in [0, 0.1) is 0 Å². The van der Waals surface area contributed by atoms with E-state index in [4.69, 9.17) is 9.52 Å². The average Bonchev–Trinajstić information content (AvgIpc) is 2.62. The van der Waals surface area contributed by atoms with E-state index in [0.29, 0.717) is 5.52 Å². The van der Waals surface area contributed by atoms with Gasteiger partial charge in [-0.2, -0.15) is 0 Å². The van der Waals surface area contributed by atoms with E-state index >= 15 is 0 Å². The summed E-state index contributed by atoms with van der Waals surface area (Å²) in [5.41, 5.74) is 0.631. The second kappa shape index (κ2) is 4.54. The molecule has 0 aliphatic rings. The monoisotopic (exact) mass is 285 g/mol. The first kappa shape index (κ1) is 13.3. The van der Waals surface area contributed by atoms with Crippen LogP contribution in [-0.4, -0.2) is 29.8 Å². The van der Waals surface area contributed by atoms with E-state index in [1.54, 1.807) is 0 Å². The molecule has 1 aromatic carbocycles. The zero-order valence-corrected chi connectivity index (χ0v) is 10.8. The Morgan fingerprint density at radius 3 is 2.74 bits per heavy atom. The molecule has 0 saturated carbocycles. The molecule has 0 radical (unpaired) electrons. The number of carboxylic acid groups (broad SMARTS) is 1. The van der Waals surface area contributed by atoms with Gasteiger partial charge in [-0.25, -0.2) is 13.2 Å². The number of aryl methyl sites for hydroxylation is 1. The quantitative estimate of drug-likeness (QED) is 0.870. The van der Waals surface area contributed by atoms with E-state index in [0.717, 1.165) is 0 Å². The number of oxazole rings is 1. The number of aromatic nitrogens is 1. The summed E-state index contributed by atoms with van der Waals surface area (Å²) in [4.78, 5) is 21.6. The first-order chi connectivity index (χ1) is 8.81. The molecule has 0 aliphatic heterocycles. The molecule has 1 N–H and O–H groups in total. The van der Waals surface area contributed by atoms with Crippen LogP contribution in [0.5, 0.6) is 0 Å². The maximum atomic E-state index is 11.9. The van der Waals surface area contributed by atoms with Crippen LogP contribution in [0.3, 0.4) is 0 Å². The molecule has 2 rings (SSSR count). The lowest BCUT2D eigenvalue weighted by molar-refractivity contribution is -0.136. The highest BCUT2D eigenvalue weighted by atomic mass is 32.2. The molecule has 7 nitrogen and oxygen atoms in total. The number of rotatable bonds is 4. The van der Waals surface area contributed by atoms with Crippen molar-refractivity contribution in [3.63, 3.8) is 0 Å². The van der Waals surface area contributed by atoms with Gasteiger partial charge in [0.05, 0.1) is 22.6 Å². The minimum atomic E-state index is -3.70. The maximum Gasteiger partial charge on any atom is 0.419 e. The lowest BCUT2D eigenvalue weighted by Crippen LogP contribution is -2.11. The van der Waals surface area contributed by atoms with Gasteiger partial charge in [-0.15, -0.1) is 0 Å². The number of nitrogens with zero attached hydrogens (tertiary/aromatic N) is 1. The zero-order chi connectivity index (χ0) is 14.2. The van der Waals surface area contributed by atoms with E-state index in [1.807, 2.05) is 0 Å². The van der Waals surface area contributed by atoms with Crippen LogP contribution in [0.4, 0.5) is 0 Å². The van der Waals surface area contributed by atoms with Crippen molar-refractivity contribution in [3.8, 4) is 0 Å². The SMILES string of the molecule is Cn1c(=O)oc2cc(S(=O)(=O)CCC(=O)O)ccc21. The summed E-state index contributed by atoms with van der Waals surface area (Å²) in [5.74, 6) is -2.27. The number of carboxylic acids is 1. The highest BCUT2D eigenvalue weighted by Gasteiger charge is 2.18. The number of aliphatic carboxylic acids is 1. The summed E-state index contributed by atoms with van der Waals surface area (Å²) in [6.07, 6.45) is -0.473. The van der Waals surface area contributed by atoms with Crippen molar-refractivity contribution >= 4 is 26.9 Å². The molecule has 0 spiro atoms. The molecule has 0 bridgehead atoms. The predicted octanol–water partition coefficient (Wildman–Crippen LogP) is 0.380. The first-order valence-electron chi connectivity index (χ1n) is 5.35. The van der Waals surface area contributed by atoms with Crippen LogP contribution in [0.2, 0.25) is 0 Å². The van der Waals surface area contributed by atoms with Crippen LogP contribution in [0.15, 0.2) is 32.3 Å². The van der Waals surface area contributed by atoms with Gasteiger partial charge < -0.3 is 9.52 Å². The molecule has 0 aliphatic carbocycles. The Morgan fingerprint density at radius 2 is 2.11 bits per heavy atom. The standard InChI is InChI=1S/C11H11NO6S/c1-12-8-3-2-7(6-9(8)18-11(12)15)19(16,17)5-4-10(13)14/h2-3,6H,4-5H2,1H3,(H,13,14). The Labute approximate surface area is 108 Å². The van der Waals surface area contributed by atoms with Crippen LogP contribution < -0.4 is 5.76 Å². The fourth-order valence-electron chi connectivity index (χ4n) is 1.65. The smallest absolute Gasteiger partial charge is 0.419 e. The van der Waals surface area contributed by atoms with Gasteiger partial charge in [0.25, 0.3) is 0 Å². The third-order valence-corrected chi connectivity index (χ3v) is 4.42. The van der Waals surface area contributed by atoms with Crippen molar-refractivity contribution in [1.29, 1.82) is 0 Å². The van der Waals surface area contributed by atoms with Gasteiger partial charge in [0.1, 0.15) is 0 Å². The molecule has 0 fully saturated rings. The fraction of sp³-hybridized carbons (Fsp3) is 0.273. The van der Waals surface area contributed by atoms with Crippen LogP contribution in [0.1, 0.15) is 6.42 Å². The highest BCUT2D eigenvalue weighted by Crippen LogP contribution is 2.19. The van der Waals surface area contributed by atoms with Crippen molar-refractivity contribution in [2.75, 3.05) is 5.75 Å². The molecule has 8 heteroatoms. The number of benzene rings is 1. The molecule has 2 aromatic rings. The minimum Gasteiger partial charge on any atom is -0.481 e. The lowest BCUT2D eigenvalue weighted by Gasteiger charge is -2.02. The Bertz CT molecular complexity index is 798. The summed E-state index contributed by atoms with van der Waals surface area (Å²) < 4.78 is 29.9. The number of carbonyl (C=O) groups is 1. The van der Waals surface area contributed by atoms with Crippen molar-refractivity contribution < 1.29 is 22.7 Å². The summed E-state index contributed by atoms with van der Waals surface area (Å²) in [6.45, 7) is 0. The van der Waals surface area contributed by atoms with Gasteiger partial charge in [-0.05, 0) is 12.1 Å². The van der Waals surface area contributed by atoms with E-state index in [2.05, 4.69) is 0 Å². The zero-order valence-electron chi connectivity index (χ0n) is 9.99. The molecular formula is C11H11NO6S. The maximum absolute atomic E-state index is 11.9. The molecule has 0 atom stereocenters. The Hall–Kier alpha value is -2.09. The second-order valence-corrected chi connectivity index (χ2v) is 6.13. The number of sulfone groups is 1. The lowest BCUT2D eigenvalue weighted by atomic mass is 10.3. The van der Waals surface area contributed by atoms with Crippen LogP contribution in [-0.2, 0) is 21.7 Å². The molecule has 102 valence electrons. The summed E-state index contributed by atoms with van der Waals surface area (Å²) in [5, 5.41) is 8.51. The first-order valence-corrected chi connectivity index (χ1v) is 7.00. The van der Waals surface area contributed by atoms with Crippen molar-refractivity contribution in [3.05, 3.63) is 28.7 Å². The Kier molecular flexibility index (Phi) is 3.19. The highest BCUT2D eigenvalue weighted by molar-refractivity contribution is 7.91. The molecule has 1 heterocycles. The van der Waals surface area contributed by atoms with Gasteiger partial charge in [-0.3, -0.25) is 9.36 Å². The normalized spacial score (nSPS) is 11.8. The van der Waals surface area contributed by atoms with Crippen molar-refractivity contribution in [1.82, 2.24) is 4.57 Å². The largest absolute Gasteiger partial charge is 0.481 e. The molecule has 0 unspecified atom stereocenters. The van der Waals surface area contributed by atoms with E-state index in [-0.39, 0.29) is 10.5 Å². The topological polar surface area (TPSA) is 107 Å². The van der Waals surface area contributed by atoms with Gasteiger partial charge in [0, 0.05) is 13.1 Å². The Balaban J connectivity index is 2.46. The minimum absolute atomic E-state index is 0.0596. The molecule has 19 heavy (non-hydrogen) atoms. The van der Waals surface area contributed by atoms with Crippen molar-refractivity contribution in [2.24, 2.45) is 7.05 Å². The fourth-order valence-corrected chi connectivity index (χ4v) is 2.89. The van der Waals surface area contributed by atoms with Gasteiger partial charge in [0.15, 0.2) is 15.4 Å². The second-order valence-electron chi connectivity index (χ2n) is 4.02. The van der Waals surface area contributed by atoms with Gasteiger partial charge in [-0.1, -0.05) is 0 Å². The van der Waals surface area contributed by atoms with E-state index in [1.165, 1.54) is 29.8 Å². The third-order valence-electron chi connectivity index (χ3n) is 2.71. The Morgan fingerprint density at radius 1 is 1.42 bits per heavy atom. The van der Waals surface area contributed by atoms with Gasteiger partial charge >= 0.3 is 11.7 Å². The summed E-state index contributed by atoms with van der Waals surface area (Å²) in [6, 6.07) is 4.01. The number of hydrogen-bond acceptors (Lipinski definition) is 5. The molecule has 0 saturated heterocycles. The molecule has 1 aromatic heterocycles. The predicted molar refractivity (Wildman–Crippen MR) is 65.8 cm³/mol. The number of hydrogen-bond donors (Lipinski definition) is 1.